The van der Waals surface area contributed by atoms with Gasteiger partial charge in [-0.1, -0.05) is 20.8 Å². The second kappa shape index (κ2) is 4.72. The predicted octanol–water partition coefficient (Wildman–Crippen LogP) is 1.13. The molecule has 0 aliphatic rings. The molecular weight excluding hydrogens is 210 g/mol. The summed E-state index contributed by atoms with van der Waals surface area (Å²) in [4.78, 5) is 15.7. The minimum absolute atomic E-state index is 0.129. The molecule has 0 fully saturated rings. The molecule has 0 aliphatic carbocycles. The first-order valence-electron chi connectivity index (χ1n) is 4.81. The SMILES string of the molecule is CC(C)(C)[C@@H](N)C(=O)NCc1cscn1. The van der Waals surface area contributed by atoms with Gasteiger partial charge in [0.2, 0.25) is 5.91 Å². The van der Waals surface area contributed by atoms with Crippen molar-refractivity contribution in [3.8, 4) is 0 Å². The first-order valence-corrected chi connectivity index (χ1v) is 5.76. The molecule has 1 atom stereocenters. The van der Waals surface area contributed by atoms with Crippen LogP contribution in [0, 0.1) is 5.41 Å². The summed E-state index contributed by atoms with van der Waals surface area (Å²) in [6.07, 6.45) is 0. The highest BCUT2D eigenvalue weighted by Gasteiger charge is 2.27. The number of hydrogen-bond donors (Lipinski definition) is 2. The summed E-state index contributed by atoms with van der Waals surface area (Å²) in [5.74, 6) is -0.129. The molecule has 0 aromatic carbocycles. The van der Waals surface area contributed by atoms with Crippen molar-refractivity contribution >= 4 is 17.2 Å². The van der Waals surface area contributed by atoms with Gasteiger partial charge in [0, 0.05) is 5.38 Å². The summed E-state index contributed by atoms with van der Waals surface area (Å²) in [6, 6.07) is -0.490. The fraction of sp³-hybridized carbons (Fsp3) is 0.600. The normalized spacial score (nSPS) is 13.6. The Morgan fingerprint density at radius 1 is 1.67 bits per heavy atom. The van der Waals surface area contributed by atoms with Crippen LogP contribution in [0.2, 0.25) is 0 Å². The van der Waals surface area contributed by atoms with Crippen molar-refractivity contribution in [2.24, 2.45) is 11.1 Å². The van der Waals surface area contributed by atoms with E-state index in [4.69, 9.17) is 5.73 Å². The third-order valence-electron chi connectivity index (χ3n) is 2.14. The van der Waals surface area contributed by atoms with Gasteiger partial charge in [0.25, 0.3) is 0 Å². The van der Waals surface area contributed by atoms with E-state index in [1.54, 1.807) is 5.51 Å². The molecule has 1 heterocycles. The zero-order valence-corrected chi connectivity index (χ0v) is 10.1. The molecule has 1 rings (SSSR count). The van der Waals surface area contributed by atoms with Crippen molar-refractivity contribution in [3.05, 3.63) is 16.6 Å². The molecular formula is C10H17N3OS. The van der Waals surface area contributed by atoms with Crippen LogP contribution in [0.15, 0.2) is 10.9 Å². The number of thiazole rings is 1. The lowest BCUT2D eigenvalue weighted by molar-refractivity contribution is -0.124. The molecule has 0 unspecified atom stereocenters. The Labute approximate surface area is 93.9 Å². The first-order chi connectivity index (χ1) is 6.91. The molecule has 15 heavy (non-hydrogen) atoms. The Kier molecular flexibility index (Phi) is 3.82. The van der Waals surface area contributed by atoms with Crippen LogP contribution >= 0.6 is 11.3 Å². The van der Waals surface area contributed by atoms with Gasteiger partial charge in [-0.05, 0) is 5.41 Å². The van der Waals surface area contributed by atoms with Gasteiger partial charge in [-0.3, -0.25) is 4.79 Å². The molecule has 0 spiro atoms. The Morgan fingerprint density at radius 2 is 2.33 bits per heavy atom. The van der Waals surface area contributed by atoms with Crippen molar-refractivity contribution < 1.29 is 4.79 Å². The lowest BCUT2D eigenvalue weighted by Gasteiger charge is -2.25. The minimum Gasteiger partial charge on any atom is -0.349 e. The average molecular weight is 227 g/mol. The Balaban J connectivity index is 2.43. The lowest BCUT2D eigenvalue weighted by atomic mass is 9.87. The van der Waals surface area contributed by atoms with Crippen LogP contribution in [0.4, 0.5) is 0 Å². The highest BCUT2D eigenvalue weighted by Crippen LogP contribution is 2.17. The van der Waals surface area contributed by atoms with Crippen molar-refractivity contribution in [1.82, 2.24) is 10.3 Å². The van der Waals surface area contributed by atoms with Crippen LogP contribution in [0.3, 0.4) is 0 Å². The Morgan fingerprint density at radius 3 is 2.80 bits per heavy atom. The summed E-state index contributed by atoms with van der Waals surface area (Å²) in [6.45, 7) is 6.28. The molecule has 0 saturated carbocycles. The van der Waals surface area contributed by atoms with Crippen molar-refractivity contribution in [2.75, 3.05) is 0 Å². The maximum Gasteiger partial charge on any atom is 0.237 e. The van der Waals surface area contributed by atoms with Crippen LogP contribution in [-0.4, -0.2) is 16.9 Å². The number of carbonyl (C=O) groups is 1. The van der Waals surface area contributed by atoms with Gasteiger partial charge < -0.3 is 11.1 Å². The number of hydrogen-bond acceptors (Lipinski definition) is 4. The van der Waals surface area contributed by atoms with Gasteiger partial charge in [-0.15, -0.1) is 11.3 Å². The third-order valence-corrected chi connectivity index (χ3v) is 2.78. The van der Waals surface area contributed by atoms with E-state index in [0.717, 1.165) is 5.69 Å². The van der Waals surface area contributed by atoms with E-state index in [0.29, 0.717) is 6.54 Å². The molecule has 1 amide bonds. The molecule has 0 bridgehead atoms. The first kappa shape index (κ1) is 12.1. The second-order valence-electron chi connectivity index (χ2n) is 4.54. The van der Waals surface area contributed by atoms with Crippen LogP contribution in [0.5, 0.6) is 0 Å². The molecule has 3 N–H and O–H groups in total. The Hall–Kier alpha value is -0.940. The van der Waals surface area contributed by atoms with Gasteiger partial charge in [-0.25, -0.2) is 4.98 Å². The molecule has 0 radical (unpaired) electrons. The number of amides is 1. The van der Waals surface area contributed by atoms with E-state index >= 15 is 0 Å². The number of nitrogens with zero attached hydrogens (tertiary/aromatic N) is 1. The number of aromatic nitrogens is 1. The van der Waals surface area contributed by atoms with Gasteiger partial charge in [0.1, 0.15) is 0 Å². The number of nitrogens with two attached hydrogens (primary N) is 1. The van der Waals surface area contributed by atoms with Crippen molar-refractivity contribution in [3.63, 3.8) is 0 Å². The highest BCUT2D eigenvalue weighted by molar-refractivity contribution is 7.07. The number of rotatable bonds is 3. The average Bonchev–Trinajstić information content (AvgIpc) is 2.63. The molecule has 84 valence electrons. The molecule has 1 aromatic rings. The van der Waals surface area contributed by atoms with Gasteiger partial charge in [0.05, 0.1) is 23.8 Å². The van der Waals surface area contributed by atoms with Crippen molar-refractivity contribution in [1.29, 1.82) is 0 Å². The molecule has 0 saturated heterocycles. The van der Waals surface area contributed by atoms with Gasteiger partial charge in [0.15, 0.2) is 0 Å². The van der Waals surface area contributed by atoms with E-state index in [1.807, 2.05) is 26.2 Å². The molecule has 1 aromatic heterocycles. The van der Waals surface area contributed by atoms with Crippen LogP contribution < -0.4 is 11.1 Å². The van der Waals surface area contributed by atoms with E-state index in [2.05, 4.69) is 10.3 Å². The lowest BCUT2D eigenvalue weighted by Crippen LogP contribution is -2.48. The molecule has 5 heteroatoms. The quantitative estimate of drug-likeness (QED) is 0.813. The van der Waals surface area contributed by atoms with Crippen LogP contribution in [0.1, 0.15) is 26.5 Å². The minimum atomic E-state index is -0.490. The van der Waals surface area contributed by atoms with E-state index in [1.165, 1.54) is 11.3 Å². The summed E-state index contributed by atoms with van der Waals surface area (Å²) >= 11 is 1.51. The third kappa shape index (κ3) is 3.60. The van der Waals surface area contributed by atoms with E-state index in [-0.39, 0.29) is 11.3 Å². The second-order valence-corrected chi connectivity index (χ2v) is 5.26. The van der Waals surface area contributed by atoms with E-state index in [9.17, 15) is 4.79 Å². The topological polar surface area (TPSA) is 68.0 Å². The molecule has 0 aliphatic heterocycles. The van der Waals surface area contributed by atoms with Crippen LogP contribution in [-0.2, 0) is 11.3 Å². The fourth-order valence-corrected chi connectivity index (χ4v) is 1.56. The number of carbonyl (C=O) groups excluding carboxylic acids is 1. The maximum atomic E-state index is 11.6. The van der Waals surface area contributed by atoms with E-state index < -0.39 is 6.04 Å². The zero-order valence-electron chi connectivity index (χ0n) is 9.28. The smallest absolute Gasteiger partial charge is 0.237 e. The van der Waals surface area contributed by atoms with Gasteiger partial charge >= 0.3 is 0 Å². The monoisotopic (exact) mass is 227 g/mol. The largest absolute Gasteiger partial charge is 0.349 e. The zero-order chi connectivity index (χ0) is 11.5. The maximum absolute atomic E-state index is 11.6. The number of nitrogens with one attached hydrogen (secondary N) is 1. The fourth-order valence-electron chi connectivity index (χ4n) is 1.01. The van der Waals surface area contributed by atoms with Crippen LogP contribution in [0.25, 0.3) is 0 Å². The molecule has 4 nitrogen and oxygen atoms in total. The predicted molar refractivity (Wildman–Crippen MR) is 61.4 cm³/mol. The summed E-state index contributed by atoms with van der Waals surface area (Å²) in [5, 5.41) is 4.68. The standard InChI is InChI=1S/C10H17N3OS/c1-10(2,3)8(11)9(14)12-4-7-5-15-6-13-7/h5-6,8H,4,11H2,1-3H3,(H,12,14)/t8-/m0/s1. The van der Waals surface area contributed by atoms with Gasteiger partial charge in [-0.2, -0.15) is 0 Å². The Bertz CT molecular complexity index is 316. The summed E-state index contributed by atoms with van der Waals surface area (Å²) in [7, 11) is 0. The highest BCUT2D eigenvalue weighted by atomic mass is 32.1. The summed E-state index contributed by atoms with van der Waals surface area (Å²) in [5.41, 5.74) is 8.20. The van der Waals surface area contributed by atoms with Crippen molar-refractivity contribution in [2.45, 2.75) is 33.4 Å². The summed E-state index contributed by atoms with van der Waals surface area (Å²) < 4.78 is 0.